The molecule has 3 heterocycles. The molecule has 2 aromatic carbocycles. The molecule has 0 amide bonds. The van der Waals surface area contributed by atoms with E-state index in [1.807, 2.05) is 24.3 Å². The number of hydrogen-bond donors (Lipinski definition) is 0. The van der Waals surface area contributed by atoms with Gasteiger partial charge < -0.3 is 4.74 Å². The lowest BCUT2D eigenvalue weighted by atomic mass is 10.2. The molecule has 5 rings (SSSR count). The van der Waals surface area contributed by atoms with Crippen LogP contribution < -0.4 is 4.74 Å². The first kappa shape index (κ1) is 16.8. The highest BCUT2D eigenvalue weighted by molar-refractivity contribution is 5.91. The Morgan fingerprint density at radius 3 is 2.76 bits per heavy atom. The highest BCUT2D eigenvalue weighted by Gasteiger charge is 2.15. The first-order valence-corrected chi connectivity index (χ1v) is 8.69. The molecule has 10 nitrogen and oxygen atoms in total. The topological polar surface area (TPSA) is 113 Å². The lowest BCUT2D eigenvalue weighted by Crippen LogP contribution is -2.07. The predicted octanol–water partition coefficient (Wildman–Crippen LogP) is 3.09. The van der Waals surface area contributed by atoms with Crippen LogP contribution in [-0.2, 0) is 6.73 Å². The van der Waals surface area contributed by atoms with Crippen molar-refractivity contribution in [2.24, 2.45) is 0 Å². The lowest BCUT2D eigenvalue weighted by molar-refractivity contribution is -0.386. The standard InChI is InChI=1S/C19H13N7O3/c27-26(28)16-7-3-4-8-17(16)29-12-24-10-9-15(22-24)18-21-19-13-5-1-2-6-14(13)20-11-25(19)23-18/h1-11H,12H2. The van der Waals surface area contributed by atoms with Gasteiger partial charge in [-0.05, 0) is 24.3 Å². The zero-order chi connectivity index (χ0) is 19.8. The molecule has 29 heavy (non-hydrogen) atoms. The zero-order valence-corrected chi connectivity index (χ0v) is 14.9. The molecule has 5 aromatic rings. The van der Waals surface area contributed by atoms with Crippen molar-refractivity contribution < 1.29 is 9.66 Å². The fourth-order valence-electron chi connectivity index (χ4n) is 3.01. The molecule has 142 valence electrons. The Bertz CT molecular complexity index is 1360. The molecule has 0 fully saturated rings. The number of fused-ring (bicyclic) bond motifs is 3. The molecule has 0 aliphatic heterocycles. The van der Waals surface area contributed by atoms with Gasteiger partial charge in [-0.3, -0.25) is 10.1 Å². The summed E-state index contributed by atoms with van der Waals surface area (Å²) in [5, 5.41) is 20.8. The van der Waals surface area contributed by atoms with Crippen molar-refractivity contribution in [1.82, 2.24) is 29.4 Å². The highest BCUT2D eigenvalue weighted by atomic mass is 16.6. The second kappa shape index (κ2) is 6.68. The summed E-state index contributed by atoms with van der Waals surface area (Å²) in [5.74, 6) is 0.630. The minimum absolute atomic E-state index is 0.0166. The van der Waals surface area contributed by atoms with Gasteiger partial charge in [0.05, 0.1) is 10.4 Å². The van der Waals surface area contributed by atoms with E-state index in [0.29, 0.717) is 17.2 Å². The van der Waals surface area contributed by atoms with E-state index in [-0.39, 0.29) is 18.2 Å². The average molecular weight is 387 g/mol. The quantitative estimate of drug-likeness (QED) is 0.336. The summed E-state index contributed by atoms with van der Waals surface area (Å²) in [6, 6.07) is 15.7. The van der Waals surface area contributed by atoms with Gasteiger partial charge in [0.25, 0.3) is 0 Å². The molecule has 0 N–H and O–H groups in total. The minimum Gasteiger partial charge on any atom is -0.464 e. The molecule has 0 bridgehead atoms. The summed E-state index contributed by atoms with van der Waals surface area (Å²) < 4.78 is 8.69. The number of nitro benzene ring substituents is 1. The number of benzene rings is 2. The van der Waals surface area contributed by atoms with Gasteiger partial charge in [0.1, 0.15) is 12.0 Å². The average Bonchev–Trinajstić information content (AvgIpc) is 3.39. The van der Waals surface area contributed by atoms with Crippen molar-refractivity contribution in [2.75, 3.05) is 0 Å². The van der Waals surface area contributed by atoms with E-state index in [0.717, 1.165) is 10.9 Å². The van der Waals surface area contributed by atoms with E-state index in [1.165, 1.54) is 10.7 Å². The van der Waals surface area contributed by atoms with Crippen molar-refractivity contribution in [3.05, 3.63) is 77.2 Å². The van der Waals surface area contributed by atoms with E-state index in [2.05, 4.69) is 20.2 Å². The van der Waals surface area contributed by atoms with Crippen LogP contribution in [0.4, 0.5) is 5.69 Å². The van der Waals surface area contributed by atoms with Gasteiger partial charge in [0.15, 0.2) is 18.1 Å². The Labute approximate surface area is 163 Å². The van der Waals surface area contributed by atoms with Crippen LogP contribution in [0.3, 0.4) is 0 Å². The van der Waals surface area contributed by atoms with Crippen LogP contribution in [0, 0.1) is 10.1 Å². The molecular weight excluding hydrogens is 374 g/mol. The fraction of sp³-hybridized carbons (Fsp3) is 0.0526. The van der Waals surface area contributed by atoms with Crippen LogP contribution in [0.1, 0.15) is 0 Å². The molecule has 3 aromatic heterocycles. The first-order chi connectivity index (χ1) is 14.2. The van der Waals surface area contributed by atoms with Gasteiger partial charge in [0, 0.05) is 17.6 Å². The fourth-order valence-corrected chi connectivity index (χ4v) is 3.01. The molecule has 10 heteroatoms. The summed E-state index contributed by atoms with van der Waals surface area (Å²) >= 11 is 0. The Balaban J connectivity index is 1.42. The van der Waals surface area contributed by atoms with Crippen LogP contribution in [0.5, 0.6) is 5.75 Å². The predicted molar refractivity (Wildman–Crippen MR) is 103 cm³/mol. The molecule has 0 saturated carbocycles. The summed E-state index contributed by atoms with van der Waals surface area (Å²) in [4.78, 5) is 19.5. The molecule has 0 spiro atoms. The Morgan fingerprint density at radius 1 is 1.03 bits per heavy atom. The second-order valence-corrected chi connectivity index (χ2v) is 6.20. The number of ether oxygens (including phenoxy) is 1. The molecule has 0 unspecified atom stereocenters. The normalized spacial score (nSPS) is 11.2. The maximum Gasteiger partial charge on any atom is 0.311 e. The van der Waals surface area contributed by atoms with Crippen LogP contribution in [-0.4, -0.2) is 34.3 Å². The van der Waals surface area contributed by atoms with Crippen LogP contribution >= 0.6 is 0 Å². The largest absolute Gasteiger partial charge is 0.464 e. The Morgan fingerprint density at radius 2 is 1.86 bits per heavy atom. The number of para-hydroxylation sites is 3. The van der Waals surface area contributed by atoms with Gasteiger partial charge >= 0.3 is 5.69 Å². The minimum atomic E-state index is -0.483. The van der Waals surface area contributed by atoms with Crippen molar-refractivity contribution in [1.29, 1.82) is 0 Å². The van der Waals surface area contributed by atoms with Crippen molar-refractivity contribution in [3.8, 4) is 17.3 Å². The van der Waals surface area contributed by atoms with Crippen molar-refractivity contribution in [2.45, 2.75) is 6.73 Å². The monoisotopic (exact) mass is 387 g/mol. The third-order valence-corrected chi connectivity index (χ3v) is 4.37. The summed E-state index contributed by atoms with van der Waals surface area (Å²) in [7, 11) is 0. The van der Waals surface area contributed by atoms with Gasteiger partial charge in [-0.25, -0.2) is 19.2 Å². The third kappa shape index (κ3) is 3.02. The maximum atomic E-state index is 11.1. The van der Waals surface area contributed by atoms with E-state index in [1.54, 1.807) is 41.3 Å². The van der Waals surface area contributed by atoms with Crippen LogP contribution in [0.25, 0.3) is 28.1 Å². The van der Waals surface area contributed by atoms with Crippen LogP contribution in [0.2, 0.25) is 0 Å². The SMILES string of the molecule is O=[N+]([O-])c1ccccc1OCn1ccc(-c2nc3c4ccccc4ncn3n2)n1. The number of aromatic nitrogens is 6. The van der Waals surface area contributed by atoms with Gasteiger partial charge in [-0.1, -0.05) is 24.3 Å². The van der Waals surface area contributed by atoms with Crippen molar-refractivity contribution in [3.63, 3.8) is 0 Å². The molecule has 0 aliphatic carbocycles. The summed E-state index contributed by atoms with van der Waals surface area (Å²) in [6.07, 6.45) is 3.31. The Kier molecular flexibility index (Phi) is 3.87. The molecule has 0 aliphatic rings. The van der Waals surface area contributed by atoms with E-state index in [9.17, 15) is 10.1 Å². The zero-order valence-electron chi connectivity index (χ0n) is 14.9. The first-order valence-electron chi connectivity index (χ1n) is 8.69. The highest BCUT2D eigenvalue weighted by Crippen LogP contribution is 2.26. The smallest absolute Gasteiger partial charge is 0.311 e. The molecule has 0 radical (unpaired) electrons. The van der Waals surface area contributed by atoms with E-state index < -0.39 is 4.92 Å². The number of nitro groups is 1. The van der Waals surface area contributed by atoms with Gasteiger partial charge in [-0.2, -0.15) is 5.10 Å². The van der Waals surface area contributed by atoms with Crippen molar-refractivity contribution >= 4 is 22.2 Å². The van der Waals surface area contributed by atoms with E-state index in [4.69, 9.17) is 4.74 Å². The third-order valence-electron chi connectivity index (χ3n) is 4.37. The number of rotatable bonds is 5. The van der Waals surface area contributed by atoms with Gasteiger partial charge in [-0.15, -0.1) is 5.10 Å². The summed E-state index contributed by atoms with van der Waals surface area (Å²) in [6.45, 7) is 0.0166. The second-order valence-electron chi connectivity index (χ2n) is 6.20. The molecule has 0 saturated heterocycles. The van der Waals surface area contributed by atoms with Crippen LogP contribution in [0.15, 0.2) is 67.1 Å². The van der Waals surface area contributed by atoms with Gasteiger partial charge in [0.2, 0.25) is 5.82 Å². The number of nitrogens with zero attached hydrogens (tertiary/aromatic N) is 7. The molecule has 0 atom stereocenters. The van der Waals surface area contributed by atoms with E-state index >= 15 is 0 Å². The summed E-state index contributed by atoms with van der Waals surface area (Å²) in [5.41, 5.74) is 1.99. The lowest BCUT2D eigenvalue weighted by Gasteiger charge is -2.06. The maximum absolute atomic E-state index is 11.1. The number of hydrogen-bond acceptors (Lipinski definition) is 7. The molecular formula is C19H13N7O3. The Hall–Kier alpha value is -4.34.